The smallest absolute Gasteiger partial charge is 0.421 e. The van der Waals surface area contributed by atoms with Gasteiger partial charge in [-0.2, -0.15) is 18.3 Å². The van der Waals surface area contributed by atoms with E-state index < -0.39 is 29.6 Å². The first-order chi connectivity index (χ1) is 17.1. The fraction of sp³-hybridized carbons (Fsp3) is 0.609. The van der Waals surface area contributed by atoms with Gasteiger partial charge >= 0.3 is 12.3 Å². The van der Waals surface area contributed by atoms with Gasteiger partial charge in [0.05, 0.1) is 25.6 Å². The number of rotatable bonds is 10. The van der Waals surface area contributed by atoms with Crippen LogP contribution in [0.4, 0.5) is 18.0 Å². The highest BCUT2D eigenvalue weighted by Crippen LogP contribution is 2.32. The van der Waals surface area contributed by atoms with Crippen molar-refractivity contribution < 1.29 is 32.2 Å². The van der Waals surface area contributed by atoms with Crippen LogP contribution in [0.3, 0.4) is 0 Å². The van der Waals surface area contributed by atoms with E-state index in [1.165, 1.54) is 20.4 Å². The number of nitrogens with zero attached hydrogens (tertiary/aromatic N) is 3. The van der Waals surface area contributed by atoms with Crippen LogP contribution in [0.5, 0.6) is 0 Å². The van der Waals surface area contributed by atoms with Crippen molar-refractivity contribution in [2.75, 3.05) is 34.0 Å². The molecule has 2 unspecified atom stereocenters. The molecule has 3 heterocycles. The molecule has 1 fully saturated rings. The molecule has 13 heteroatoms. The first kappa shape index (κ1) is 27.7. The zero-order chi connectivity index (χ0) is 26.3. The molecule has 1 amide bonds. The van der Waals surface area contributed by atoms with Crippen LogP contribution in [0.1, 0.15) is 43.5 Å². The molecule has 0 aromatic carbocycles. The molecule has 0 aliphatic carbocycles. The highest BCUT2D eigenvalue weighted by molar-refractivity contribution is 5.67. The number of pyridine rings is 1. The zero-order valence-corrected chi connectivity index (χ0v) is 20.6. The third-order valence-corrected chi connectivity index (χ3v) is 5.82. The van der Waals surface area contributed by atoms with Crippen LogP contribution in [0, 0.1) is 0 Å². The molecule has 0 bridgehead atoms. The second kappa shape index (κ2) is 12.4. The summed E-state index contributed by atoms with van der Waals surface area (Å²) in [5.74, 6) is 0. The lowest BCUT2D eigenvalue weighted by Gasteiger charge is -2.22. The Bertz CT molecular complexity index is 1080. The van der Waals surface area contributed by atoms with Crippen LogP contribution in [0.2, 0.25) is 0 Å². The van der Waals surface area contributed by atoms with Crippen LogP contribution in [-0.4, -0.2) is 60.6 Å². The van der Waals surface area contributed by atoms with Crippen molar-refractivity contribution in [3.05, 3.63) is 39.9 Å². The molecule has 2 N–H and O–H groups in total. The van der Waals surface area contributed by atoms with E-state index in [4.69, 9.17) is 9.47 Å². The number of hydrogen-bond acceptors (Lipinski definition) is 7. The van der Waals surface area contributed by atoms with Gasteiger partial charge in [-0.05, 0) is 44.2 Å². The molecule has 0 radical (unpaired) electrons. The molecule has 1 aliphatic heterocycles. The number of methoxy groups -OCH3 is 2. The molecular formula is C23H32F3N5O5. The number of amides is 1. The van der Waals surface area contributed by atoms with E-state index in [1.807, 2.05) is 0 Å². The third-order valence-electron chi connectivity index (χ3n) is 5.82. The molecule has 36 heavy (non-hydrogen) atoms. The quantitative estimate of drug-likeness (QED) is 0.469. The molecule has 10 nitrogen and oxygen atoms in total. The van der Waals surface area contributed by atoms with Gasteiger partial charge in [0, 0.05) is 44.8 Å². The summed E-state index contributed by atoms with van der Waals surface area (Å²) in [6.45, 7) is 2.75. The predicted molar refractivity (Wildman–Crippen MR) is 124 cm³/mol. The number of hydrogen-bond donors (Lipinski definition) is 2. The molecule has 0 saturated carbocycles. The minimum atomic E-state index is -4.83. The van der Waals surface area contributed by atoms with Gasteiger partial charge in [0.25, 0.3) is 5.56 Å². The van der Waals surface area contributed by atoms with Gasteiger partial charge in [-0.25, -0.2) is 9.48 Å². The average Bonchev–Trinajstić information content (AvgIpc) is 3.27. The summed E-state index contributed by atoms with van der Waals surface area (Å²) in [7, 11) is 2.67. The molecular weight excluding hydrogens is 483 g/mol. The zero-order valence-electron chi connectivity index (χ0n) is 20.6. The Morgan fingerprint density at radius 3 is 2.72 bits per heavy atom. The van der Waals surface area contributed by atoms with E-state index in [9.17, 15) is 22.8 Å². The van der Waals surface area contributed by atoms with Crippen molar-refractivity contribution >= 4 is 6.09 Å². The normalized spacial score (nSPS) is 17.1. The summed E-state index contributed by atoms with van der Waals surface area (Å²) >= 11 is 0. The number of alkyl carbamates (subject to hydrolysis) is 1. The maximum absolute atomic E-state index is 13.7. The van der Waals surface area contributed by atoms with Crippen LogP contribution >= 0.6 is 0 Å². The second-order valence-corrected chi connectivity index (χ2v) is 8.50. The highest BCUT2D eigenvalue weighted by atomic mass is 19.4. The molecule has 200 valence electrons. The van der Waals surface area contributed by atoms with E-state index in [-0.39, 0.29) is 24.9 Å². The molecule has 2 aromatic heterocycles. The topological polar surface area (TPSA) is 109 Å². The molecule has 1 saturated heterocycles. The van der Waals surface area contributed by atoms with E-state index in [1.54, 1.807) is 17.8 Å². The molecule has 1 aliphatic rings. The summed E-state index contributed by atoms with van der Waals surface area (Å²) in [5.41, 5.74) is -1.23. The van der Waals surface area contributed by atoms with Crippen LogP contribution in [-0.2, 0) is 33.4 Å². The Balaban J connectivity index is 1.97. The van der Waals surface area contributed by atoms with E-state index in [0.717, 1.165) is 29.9 Å². The lowest BCUT2D eigenvalue weighted by molar-refractivity contribution is -0.139. The van der Waals surface area contributed by atoms with Crippen LogP contribution in [0.15, 0.2) is 23.3 Å². The number of halogens is 3. The maximum atomic E-state index is 13.7. The van der Waals surface area contributed by atoms with Crippen molar-refractivity contribution in [1.82, 2.24) is 25.0 Å². The third kappa shape index (κ3) is 7.08. The Morgan fingerprint density at radius 1 is 1.31 bits per heavy atom. The summed E-state index contributed by atoms with van der Waals surface area (Å²) in [6, 6.07) is 0.846. The van der Waals surface area contributed by atoms with E-state index in [0.29, 0.717) is 30.8 Å². The van der Waals surface area contributed by atoms with Crippen molar-refractivity contribution in [3.8, 4) is 11.3 Å². The standard InChI is InChI=1S/C23H32F3N5O5/c1-15(28-22(33)35-3)27-8-7-16-14-31(19-6-4-5-10-36-19)29-20(16)17-12-18(23(24,25)26)21(32)30(13-17)9-11-34-2/h12-15,19,27H,4-11H2,1-3H3,(H,28,33). The Hall–Kier alpha value is -2.90. The Morgan fingerprint density at radius 2 is 2.08 bits per heavy atom. The number of nitrogens with one attached hydrogen (secondary N) is 2. The summed E-state index contributed by atoms with van der Waals surface area (Å²) in [6.07, 6.45) is 0.0371. The number of alkyl halides is 3. The maximum Gasteiger partial charge on any atom is 0.421 e. The first-order valence-corrected chi connectivity index (χ1v) is 11.7. The molecule has 3 rings (SSSR count). The Labute approximate surface area is 206 Å². The second-order valence-electron chi connectivity index (χ2n) is 8.50. The average molecular weight is 516 g/mol. The Kier molecular flexibility index (Phi) is 9.51. The van der Waals surface area contributed by atoms with Crippen LogP contribution < -0.4 is 16.2 Å². The van der Waals surface area contributed by atoms with Gasteiger partial charge < -0.3 is 24.1 Å². The van der Waals surface area contributed by atoms with Crippen molar-refractivity contribution in [2.24, 2.45) is 0 Å². The van der Waals surface area contributed by atoms with Gasteiger partial charge in [-0.3, -0.25) is 10.1 Å². The number of ether oxygens (including phenoxy) is 3. The van der Waals surface area contributed by atoms with Gasteiger partial charge in [0.15, 0.2) is 0 Å². The summed E-state index contributed by atoms with van der Waals surface area (Å²) in [4.78, 5) is 23.9. The van der Waals surface area contributed by atoms with Crippen molar-refractivity contribution in [2.45, 2.75) is 57.7 Å². The van der Waals surface area contributed by atoms with Crippen molar-refractivity contribution in [1.29, 1.82) is 0 Å². The number of aromatic nitrogens is 3. The fourth-order valence-corrected chi connectivity index (χ4v) is 3.97. The fourth-order valence-electron chi connectivity index (χ4n) is 3.97. The summed E-state index contributed by atoms with van der Waals surface area (Å²) < 4.78 is 59.2. The molecule has 2 atom stereocenters. The van der Waals surface area contributed by atoms with Crippen molar-refractivity contribution in [3.63, 3.8) is 0 Å². The molecule has 0 spiro atoms. The lowest BCUT2D eigenvalue weighted by atomic mass is 10.1. The minimum Gasteiger partial charge on any atom is -0.453 e. The van der Waals surface area contributed by atoms with E-state index >= 15 is 0 Å². The van der Waals surface area contributed by atoms with Gasteiger partial charge in [0.2, 0.25) is 0 Å². The summed E-state index contributed by atoms with van der Waals surface area (Å²) in [5, 5.41) is 10.3. The van der Waals surface area contributed by atoms with Gasteiger partial charge in [0.1, 0.15) is 11.8 Å². The van der Waals surface area contributed by atoms with Gasteiger partial charge in [-0.1, -0.05) is 0 Å². The SMILES string of the molecule is COCCn1cc(-c2nn(C3CCCCO3)cc2CCNC(C)NC(=O)OC)cc(C(F)(F)F)c1=O. The monoisotopic (exact) mass is 515 g/mol. The highest BCUT2D eigenvalue weighted by Gasteiger charge is 2.35. The minimum absolute atomic E-state index is 0.0354. The van der Waals surface area contributed by atoms with Gasteiger partial charge in [-0.15, -0.1) is 0 Å². The number of carbonyl (C=O) groups is 1. The first-order valence-electron chi connectivity index (χ1n) is 11.7. The lowest BCUT2D eigenvalue weighted by Crippen LogP contribution is -2.43. The predicted octanol–water partition coefficient (Wildman–Crippen LogP) is 2.91. The molecule has 2 aromatic rings. The van der Waals surface area contributed by atoms with E-state index in [2.05, 4.69) is 20.5 Å². The number of carbonyl (C=O) groups excluding carboxylic acids is 1. The van der Waals surface area contributed by atoms with Crippen LogP contribution in [0.25, 0.3) is 11.3 Å². The largest absolute Gasteiger partial charge is 0.453 e.